The minimum atomic E-state index is 0.474. The maximum Gasteiger partial charge on any atom is 0.0386 e. The molecule has 0 spiro atoms. The summed E-state index contributed by atoms with van der Waals surface area (Å²) in [5.74, 6) is 0.827. The van der Waals surface area contributed by atoms with Crippen LogP contribution in [0.2, 0.25) is 0 Å². The minimum absolute atomic E-state index is 0.474. The molecule has 2 heteroatoms. The predicted octanol–water partition coefficient (Wildman–Crippen LogP) is 4.91. The molecule has 1 aliphatic heterocycles. The van der Waals surface area contributed by atoms with Gasteiger partial charge in [0.15, 0.2) is 0 Å². The van der Waals surface area contributed by atoms with Crippen LogP contribution in [0.3, 0.4) is 0 Å². The Labute approximate surface area is 129 Å². The van der Waals surface area contributed by atoms with Gasteiger partial charge < -0.3 is 10.2 Å². The van der Waals surface area contributed by atoms with Crippen molar-refractivity contribution in [2.24, 2.45) is 11.3 Å². The monoisotopic (exact) mass is 286 g/mol. The van der Waals surface area contributed by atoms with E-state index in [2.05, 4.69) is 55.3 Å². The molecule has 0 aromatic heterocycles. The van der Waals surface area contributed by atoms with Crippen molar-refractivity contribution < 1.29 is 0 Å². The number of benzene rings is 1. The van der Waals surface area contributed by atoms with E-state index in [1.54, 1.807) is 0 Å². The zero-order chi connectivity index (χ0) is 14.9. The topological polar surface area (TPSA) is 15.3 Å². The average molecular weight is 286 g/mol. The molecule has 1 heterocycles. The van der Waals surface area contributed by atoms with Gasteiger partial charge in [0.05, 0.1) is 0 Å². The van der Waals surface area contributed by atoms with Crippen molar-refractivity contribution >= 4 is 11.4 Å². The third kappa shape index (κ3) is 3.72. The molecular formula is C19H30N2. The van der Waals surface area contributed by atoms with Gasteiger partial charge in [-0.15, -0.1) is 0 Å². The average Bonchev–Trinajstić information content (AvgIpc) is 2.90. The fourth-order valence-corrected chi connectivity index (χ4v) is 4.46. The summed E-state index contributed by atoms with van der Waals surface area (Å²) in [5.41, 5.74) is 3.16. The first kappa shape index (κ1) is 14.7. The van der Waals surface area contributed by atoms with Gasteiger partial charge in [-0.05, 0) is 61.6 Å². The molecule has 0 radical (unpaired) electrons. The zero-order valence-electron chi connectivity index (χ0n) is 13.9. The van der Waals surface area contributed by atoms with Gasteiger partial charge in [-0.25, -0.2) is 0 Å². The lowest BCUT2D eigenvalue weighted by Gasteiger charge is -2.39. The Morgan fingerprint density at radius 1 is 1.14 bits per heavy atom. The molecule has 1 N–H and O–H groups in total. The highest BCUT2D eigenvalue weighted by Gasteiger charge is 2.31. The van der Waals surface area contributed by atoms with Gasteiger partial charge in [-0.3, -0.25) is 0 Å². The summed E-state index contributed by atoms with van der Waals surface area (Å²) in [5, 5.41) is 3.80. The molecule has 0 amide bonds. The molecule has 2 nitrogen and oxygen atoms in total. The number of nitrogens with zero attached hydrogens (tertiary/aromatic N) is 1. The number of anilines is 2. The molecule has 1 aromatic carbocycles. The van der Waals surface area contributed by atoms with Gasteiger partial charge in [-0.2, -0.15) is 0 Å². The fourth-order valence-electron chi connectivity index (χ4n) is 4.46. The Kier molecular flexibility index (Phi) is 4.14. The van der Waals surface area contributed by atoms with Crippen LogP contribution in [-0.2, 0) is 0 Å². The van der Waals surface area contributed by atoms with Gasteiger partial charge in [0, 0.05) is 30.5 Å². The molecule has 0 bridgehead atoms. The molecule has 21 heavy (non-hydrogen) atoms. The Morgan fingerprint density at radius 3 is 2.62 bits per heavy atom. The summed E-state index contributed by atoms with van der Waals surface area (Å²) < 4.78 is 0. The third-order valence-electron chi connectivity index (χ3n) is 5.08. The van der Waals surface area contributed by atoms with Crippen LogP contribution in [0.5, 0.6) is 0 Å². The first-order valence-corrected chi connectivity index (χ1v) is 8.63. The summed E-state index contributed by atoms with van der Waals surface area (Å²) in [6.07, 6.45) is 6.62. The van der Waals surface area contributed by atoms with Crippen LogP contribution in [0.4, 0.5) is 11.4 Å². The van der Waals surface area contributed by atoms with E-state index in [1.165, 1.54) is 56.6 Å². The van der Waals surface area contributed by atoms with Gasteiger partial charge in [-0.1, -0.05) is 26.8 Å². The summed E-state index contributed by atoms with van der Waals surface area (Å²) in [4.78, 5) is 2.51. The normalized spacial score (nSPS) is 28.6. The highest BCUT2D eigenvalue weighted by Crippen LogP contribution is 2.39. The molecular weight excluding hydrogens is 256 g/mol. The first-order chi connectivity index (χ1) is 10.0. The van der Waals surface area contributed by atoms with Crippen LogP contribution in [-0.4, -0.2) is 19.1 Å². The molecule has 1 aromatic rings. The Morgan fingerprint density at radius 2 is 1.90 bits per heavy atom. The van der Waals surface area contributed by atoms with Gasteiger partial charge >= 0.3 is 0 Å². The highest BCUT2D eigenvalue weighted by molar-refractivity contribution is 5.58. The van der Waals surface area contributed by atoms with Crippen molar-refractivity contribution in [3.8, 4) is 0 Å². The standard InChI is InChI=1S/C19H30N2/c1-15-11-17(14-19(2,3)13-15)20-16-7-6-8-18(12-16)21-9-4-5-10-21/h6-8,12,15,17,20H,4-5,9-11,13-14H2,1-3H3. The smallest absolute Gasteiger partial charge is 0.0386 e. The van der Waals surface area contributed by atoms with Crippen molar-refractivity contribution in [2.45, 2.75) is 58.9 Å². The van der Waals surface area contributed by atoms with E-state index in [1.807, 2.05) is 0 Å². The summed E-state index contributed by atoms with van der Waals surface area (Å²) in [6, 6.07) is 9.65. The quantitative estimate of drug-likeness (QED) is 0.849. The van der Waals surface area contributed by atoms with Crippen LogP contribution < -0.4 is 10.2 Å². The summed E-state index contributed by atoms with van der Waals surface area (Å²) >= 11 is 0. The molecule has 1 aliphatic carbocycles. The van der Waals surface area contributed by atoms with Crippen molar-refractivity contribution in [2.75, 3.05) is 23.3 Å². The van der Waals surface area contributed by atoms with Crippen molar-refractivity contribution in [3.63, 3.8) is 0 Å². The number of rotatable bonds is 3. The van der Waals surface area contributed by atoms with Crippen LogP contribution in [0.1, 0.15) is 52.9 Å². The number of hydrogen-bond donors (Lipinski definition) is 1. The molecule has 2 aliphatic rings. The minimum Gasteiger partial charge on any atom is -0.382 e. The fraction of sp³-hybridized carbons (Fsp3) is 0.684. The Hall–Kier alpha value is -1.18. The van der Waals surface area contributed by atoms with Gasteiger partial charge in [0.25, 0.3) is 0 Å². The summed E-state index contributed by atoms with van der Waals surface area (Å²) in [6.45, 7) is 9.67. The van der Waals surface area contributed by atoms with Crippen molar-refractivity contribution in [3.05, 3.63) is 24.3 Å². The molecule has 2 unspecified atom stereocenters. The lowest BCUT2D eigenvalue weighted by Crippen LogP contribution is -2.35. The second-order valence-electron chi connectivity index (χ2n) is 8.00. The molecule has 3 rings (SSSR count). The van der Waals surface area contributed by atoms with E-state index in [4.69, 9.17) is 0 Å². The van der Waals surface area contributed by atoms with E-state index in [0.29, 0.717) is 11.5 Å². The molecule has 2 fully saturated rings. The Bertz CT molecular complexity index is 474. The van der Waals surface area contributed by atoms with Crippen LogP contribution >= 0.6 is 0 Å². The maximum absolute atomic E-state index is 3.80. The largest absolute Gasteiger partial charge is 0.382 e. The Balaban J connectivity index is 1.68. The van der Waals surface area contributed by atoms with Crippen LogP contribution in [0, 0.1) is 11.3 Å². The molecule has 1 saturated carbocycles. The SMILES string of the molecule is CC1CC(Nc2cccc(N3CCCC3)c2)CC(C)(C)C1. The lowest BCUT2D eigenvalue weighted by molar-refractivity contribution is 0.178. The molecule has 2 atom stereocenters. The van der Waals surface area contributed by atoms with E-state index >= 15 is 0 Å². The lowest BCUT2D eigenvalue weighted by atomic mass is 9.70. The van der Waals surface area contributed by atoms with E-state index in [9.17, 15) is 0 Å². The van der Waals surface area contributed by atoms with Gasteiger partial charge in [0.1, 0.15) is 0 Å². The zero-order valence-corrected chi connectivity index (χ0v) is 13.9. The molecule has 116 valence electrons. The van der Waals surface area contributed by atoms with E-state index < -0.39 is 0 Å². The van der Waals surface area contributed by atoms with Crippen LogP contribution in [0.15, 0.2) is 24.3 Å². The van der Waals surface area contributed by atoms with E-state index in [-0.39, 0.29) is 0 Å². The second kappa shape index (κ2) is 5.90. The van der Waals surface area contributed by atoms with Crippen molar-refractivity contribution in [1.29, 1.82) is 0 Å². The van der Waals surface area contributed by atoms with E-state index in [0.717, 1.165) is 5.92 Å². The van der Waals surface area contributed by atoms with Crippen molar-refractivity contribution in [1.82, 2.24) is 0 Å². The maximum atomic E-state index is 3.80. The number of hydrogen-bond acceptors (Lipinski definition) is 2. The second-order valence-corrected chi connectivity index (χ2v) is 8.00. The van der Waals surface area contributed by atoms with Gasteiger partial charge in [0.2, 0.25) is 0 Å². The highest BCUT2D eigenvalue weighted by atomic mass is 15.1. The van der Waals surface area contributed by atoms with Crippen LogP contribution in [0.25, 0.3) is 0 Å². The predicted molar refractivity (Wildman–Crippen MR) is 92.1 cm³/mol. The first-order valence-electron chi connectivity index (χ1n) is 8.63. The number of nitrogens with one attached hydrogen (secondary N) is 1. The summed E-state index contributed by atoms with van der Waals surface area (Å²) in [7, 11) is 0. The molecule has 1 saturated heterocycles. The third-order valence-corrected chi connectivity index (χ3v) is 5.08.